The zero-order valence-corrected chi connectivity index (χ0v) is 10.5. The Bertz CT molecular complexity index is 599. The number of hydrogen-bond acceptors (Lipinski definition) is 3. The van der Waals surface area contributed by atoms with Crippen molar-refractivity contribution in [3.05, 3.63) is 59.3 Å². The summed E-state index contributed by atoms with van der Waals surface area (Å²) < 4.78 is 26.0. The summed E-state index contributed by atoms with van der Waals surface area (Å²) in [5, 5.41) is 9.30. The van der Waals surface area contributed by atoms with E-state index < -0.39 is 17.6 Å². The molecule has 19 heavy (non-hydrogen) atoms. The number of carbonyl (C=O) groups is 1. The van der Waals surface area contributed by atoms with Gasteiger partial charge in [0.2, 0.25) is 0 Å². The summed E-state index contributed by atoms with van der Waals surface area (Å²) in [6.45, 7) is 0. The van der Waals surface area contributed by atoms with Crippen LogP contribution in [-0.2, 0) is 5.75 Å². The Morgan fingerprint density at radius 1 is 1.26 bits per heavy atom. The maximum absolute atomic E-state index is 13.0. The van der Waals surface area contributed by atoms with Crippen molar-refractivity contribution < 1.29 is 18.7 Å². The molecule has 0 unspecified atom stereocenters. The van der Waals surface area contributed by atoms with Crippen molar-refractivity contribution in [1.82, 2.24) is 4.98 Å². The fourth-order valence-electron chi connectivity index (χ4n) is 1.51. The summed E-state index contributed by atoms with van der Waals surface area (Å²) in [5.74, 6) is -2.16. The van der Waals surface area contributed by atoms with Crippen LogP contribution in [0.25, 0.3) is 0 Å². The maximum Gasteiger partial charge on any atom is 0.338 e. The number of pyridine rings is 1. The number of hydrogen-bond donors (Lipinski definition) is 1. The zero-order chi connectivity index (χ0) is 13.8. The van der Waals surface area contributed by atoms with Crippen molar-refractivity contribution in [3.63, 3.8) is 0 Å². The molecule has 1 aromatic carbocycles. The molecule has 0 aliphatic heterocycles. The summed E-state index contributed by atoms with van der Waals surface area (Å²) in [5.41, 5.74) is 0.508. The molecule has 0 fully saturated rings. The molecular formula is C13H9F2NO2S. The lowest BCUT2D eigenvalue weighted by atomic mass is 10.2. The van der Waals surface area contributed by atoms with Crippen LogP contribution in [0.5, 0.6) is 0 Å². The van der Waals surface area contributed by atoms with Crippen molar-refractivity contribution in [1.29, 1.82) is 0 Å². The van der Waals surface area contributed by atoms with Crippen LogP contribution in [0.3, 0.4) is 0 Å². The van der Waals surface area contributed by atoms with Crippen molar-refractivity contribution in [2.45, 2.75) is 10.8 Å². The lowest BCUT2D eigenvalue weighted by molar-refractivity contribution is 0.0692. The van der Waals surface area contributed by atoms with Gasteiger partial charge in [0.15, 0.2) is 0 Å². The molecule has 3 nitrogen and oxygen atoms in total. The molecule has 1 heterocycles. The molecule has 0 saturated heterocycles. The molecule has 0 saturated carbocycles. The molecule has 0 radical (unpaired) electrons. The Morgan fingerprint density at radius 2 is 1.95 bits per heavy atom. The Balaban J connectivity index is 2.16. The number of aromatic carboxylic acids is 1. The number of aromatic nitrogens is 1. The topological polar surface area (TPSA) is 50.2 Å². The highest BCUT2D eigenvalue weighted by Crippen LogP contribution is 2.24. The molecule has 0 atom stereocenters. The highest BCUT2D eigenvalue weighted by atomic mass is 32.2. The normalized spacial score (nSPS) is 10.4. The smallest absolute Gasteiger partial charge is 0.338 e. The lowest BCUT2D eigenvalue weighted by Crippen LogP contribution is -2.00. The average molecular weight is 281 g/mol. The van der Waals surface area contributed by atoms with Crippen LogP contribution in [0.4, 0.5) is 8.78 Å². The summed E-state index contributed by atoms with van der Waals surface area (Å²) in [4.78, 5) is 14.9. The minimum atomic E-state index is -1.08. The molecule has 98 valence electrons. The van der Waals surface area contributed by atoms with Gasteiger partial charge in [0.05, 0.1) is 5.56 Å². The molecule has 0 aliphatic carbocycles. The number of rotatable bonds is 4. The molecule has 1 aromatic heterocycles. The first kappa shape index (κ1) is 13.5. The molecule has 6 heteroatoms. The number of benzene rings is 1. The monoisotopic (exact) mass is 281 g/mol. The van der Waals surface area contributed by atoms with Crippen LogP contribution in [0.2, 0.25) is 0 Å². The van der Waals surface area contributed by atoms with E-state index >= 15 is 0 Å². The van der Waals surface area contributed by atoms with E-state index in [1.807, 2.05) is 0 Å². The highest BCUT2D eigenvalue weighted by molar-refractivity contribution is 7.98. The van der Waals surface area contributed by atoms with Crippen molar-refractivity contribution in [2.75, 3.05) is 0 Å². The van der Waals surface area contributed by atoms with Gasteiger partial charge in [0.1, 0.15) is 16.7 Å². The van der Waals surface area contributed by atoms with E-state index in [-0.39, 0.29) is 11.3 Å². The molecular weight excluding hydrogens is 272 g/mol. The fraction of sp³-hybridized carbons (Fsp3) is 0.0769. The van der Waals surface area contributed by atoms with Crippen molar-refractivity contribution in [2.24, 2.45) is 0 Å². The van der Waals surface area contributed by atoms with Crippen LogP contribution < -0.4 is 0 Å². The van der Waals surface area contributed by atoms with E-state index in [9.17, 15) is 13.6 Å². The number of thioether (sulfide) groups is 1. The van der Waals surface area contributed by atoms with Gasteiger partial charge in [-0.2, -0.15) is 0 Å². The van der Waals surface area contributed by atoms with E-state index in [0.29, 0.717) is 10.6 Å². The minimum Gasteiger partial charge on any atom is -0.478 e. The van der Waals surface area contributed by atoms with Gasteiger partial charge >= 0.3 is 5.97 Å². The van der Waals surface area contributed by atoms with Gasteiger partial charge in [-0.15, -0.1) is 11.8 Å². The van der Waals surface area contributed by atoms with Crippen LogP contribution in [0.1, 0.15) is 15.9 Å². The van der Waals surface area contributed by atoms with Crippen LogP contribution in [0.15, 0.2) is 41.6 Å². The Morgan fingerprint density at radius 3 is 2.58 bits per heavy atom. The second-order valence-corrected chi connectivity index (χ2v) is 4.69. The minimum absolute atomic E-state index is 0.0735. The Kier molecular flexibility index (Phi) is 4.11. The molecule has 0 aliphatic rings. The summed E-state index contributed by atoms with van der Waals surface area (Å²) in [6.07, 6.45) is 1.47. The predicted molar refractivity (Wildman–Crippen MR) is 67.1 cm³/mol. The van der Waals surface area contributed by atoms with E-state index in [2.05, 4.69) is 4.98 Å². The van der Waals surface area contributed by atoms with Gasteiger partial charge in [-0.1, -0.05) is 0 Å². The third kappa shape index (κ3) is 3.51. The van der Waals surface area contributed by atoms with Gasteiger partial charge in [-0.05, 0) is 29.8 Å². The zero-order valence-electron chi connectivity index (χ0n) is 9.64. The standard InChI is InChI=1S/C13H9F2NO2S/c14-9-4-8(5-10(15)6-9)7-19-12-11(13(17)18)2-1-3-16-12/h1-6H,7H2,(H,17,18). The van der Waals surface area contributed by atoms with Crippen molar-refractivity contribution in [3.8, 4) is 0 Å². The molecule has 0 bridgehead atoms. The first-order valence-corrected chi connectivity index (χ1v) is 6.31. The maximum atomic E-state index is 13.0. The predicted octanol–water partition coefficient (Wildman–Crippen LogP) is 3.35. The number of carboxylic acids is 1. The summed E-state index contributed by atoms with van der Waals surface area (Å²) in [7, 11) is 0. The molecule has 0 spiro atoms. The largest absolute Gasteiger partial charge is 0.478 e. The number of carboxylic acid groups (broad SMARTS) is 1. The van der Waals surface area contributed by atoms with Crippen LogP contribution >= 0.6 is 11.8 Å². The van der Waals surface area contributed by atoms with Crippen LogP contribution in [0, 0.1) is 11.6 Å². The fourth-order valence-corrected chi connectivity index (χ4v) is 2.43. The third-order valence-electron chi connectivity index (χ3n) is 2.30. The van der Waals surface area contributed by atoms with E-state index in [1.54, 1.807) is 0 Å². The number of halogens is 2. The van der Waals surface area contributed by atoms with Crippen LogP contribution in [-0.4, -0.2) is 16.1 Å². The summed E-state index contributed by atoms with van der Waals surface area (Å²) in [6, 6.07) is 6.16. The quantitative estimate of drug-likeness (QED) is 0.873. The number of nitrogens with zero attached hydrogens (tertiary/aromatic N) is 1. The molecule has 2 rings (SSSR count). The molecule has 0 amide bonds. The first-order chi connectivity index (χ1) is 9.06. The van der Waals surface area contributed by atoms with Crippen molar-refractivity contribution >= 4 is 17.7 Å². The Hall–Kier alpha value is -1.95. The average Bonchev–Trinajstić information content (AvgIpc) is 2.35. The van der Waals surface area contributed by atoms with Gasteiger partial charge in [-0.25, -0.2) is 18.6 Å². The van der Waals surface area contributed by atoms with Gasteiger partial charge in [0, 0.05) is 18.0 Å². The van der Waals surface area contributed by atoms with E-state index in [4.69, 9.17) is 5.11 Å². The first-order valence-electron chi connectivity index (χ1n) is 5.32. The molecule has 1 N–H and O–H groups in total. The van der Waals surface area contributed by atoms with Gasteiger partial charge in [-0.3, -0.25) is 0 Å². The van der Waals surface area contributed by atoms with Gasteiger partial charge in [0.25, 0.3) is 0 Å². The highest BCUT2D eigenvalue weighted by Gasteiger charge is 2.11. The van der Waals surface area contributed by atoms with E-state index in [0.717, 1.165) is 17.8 Å². The summed E-state index contributed by atoms with van der Waals surface area (Å²) >= 11 is 1.12. The van der Waals surface area contributed by atoms with Gasteiger partial charge < -0.3 is 5.11 Å². The van der Waals surface area contributed by atoms with E-state index in [1.165, 1.54) is 30.5 Å². The SMILES string of the molecule is O=C(O)c1cccnc1SCc1cc(F)cc(F)c1. The Labute approximate surface area is 112 Å². The second kappa shape index (κ2) is 5.79. The third-order valence-corrected chi connectivity index (χ3v) is 3.38. The second-order valence-electron chi connectivity index (χ2n) is 3.73. The lowest BCUT2D eigenvalue weighted by Gasteiger charge is -2.05. The molecule has 2 aromatic rings.